The number of sulfonamides is 1. The Hall–Kier alpha value is -3.69. The molecular weight excluding hydrogens is 488 g/mol. The first-order chi connectivity index (χ1) is 17.8. The molecule has 1 heterocycles. The van der Waals surface area contributed by atoms with E-state index in [0.29, 0.717) is 17.2 Å². The van der Waals surface area contributed by atoms with Gasteiger partial charge in [-0.15, -0.1) is 0 Å². The van der Waals surface area contributed by atoms with Gasteiger partial charge in [0.1, 0.15) is 17.5 Å². The largest absolute Gasteiger partial charge is 0.457 e. The summed E-state index contributed by atoms with van der Waals surface area (Å²) in [5.41, 5.74) is 5.12. The lowest BCUT2D eigenvalue weighted by Crippen LogP contribution is -2.47. The standard InChI is InChI=1S/C28H32N4O4S/c1-22(28(33)30-29-24-17-19-31(20-18-24)21-23-9-5-3-6-10-23)32(37(2,34)35)25-13-15-27(16-14-25)36-26-11-7-4-8-12-26/h3-16,22H,17-21H2,1-2H3,(H,30,33)/t22-/m1/s1. The van der Waals surface area contributed by atoms with Crippen molar-refractivity contribution in [2.45, 2.75) is 32.4 Å². The van der Waals surface area contributed by atoms with Gasteiger partial charge in [-0.05, 0) is 48.9 Å². The maximum atomic E-state index is 12.9. The third-order valence-electron chi connectivity index (χ3n) is 6.17. The summed E-state index contributed by atoms with van der Waals surface area (Å²) in [6.45, 7) is 4.14. The van der Waals surface area contributed by atoms with Crippen molar-refractivity contribution in [3.8, 4) is 11.5 Å². The van der Waals surface area contributed by atoms with Crippen LogP contribution in [0, 0.1) is 0 Å². The van der Waals surface area contributed by atoms with Crippen LogP contribution in [0.2, 0.25) is 0 Å². The molecule has 1 aliphatic heterocycles. The van der Waals surface area contributed by atoms with Crippen LogP contribution in [0.5, 0.6) is 11.5 Å². The Kier molecular flexibility index (Phi) is 8.58. The minimum absolute atomic E-state index is 0.368. The number of anilines is 1. The zero-order chi connectivity index (χ0) is 26.3. The highest BCUT2D eigenvalue weighted by Crippen LogP contribution is 2.27. The predicted molar refractivity (Wildman–Crippen MR) is 146 cm³/mol. The predicted octanol–water partition coefficient (Wildman–Crippen LogP) is 4.40. The summed E-state index contributed by atoms with van der Waals surface area (Å²) in [7, 11) is -3.74. The van der Waals surface area contributed by atoms with Gasteiger partial charge in [0.2, 0.25) is 10.0 Å². The number of nitrogens with one attached hydrogen (secondary N) is 1. The summed E-state index contributed by atoms with van der Waals surface area (Å²) in [4.78, 5) is 15.3. The molecule has 0 aliphatic carbocycles. The number of ether oxygens (including phenoxy) is 1. The quantitative estimate of drug-likeness (QED) is 0.422. The highest BCUT2D eigenvalue weighted by molar-refractivity contribution is 7.92. The average Bonchev–Trinajstić information content (AvgIpc) is 2.89. The number of benzene rings is 3. The van der Waals surface area contributed by atoms with E-state index in [9.17, 15) is 13.2 Å². The molecule has 37 heavy (non-hydrogen) atoms. The summed E-state index contributed by atoms with van der Waals surface area (Å²) < 4.78 is 32.1. The Labute approximate surface area is 218 Å². The number of amides is 1. The number of hydrazone groups is 1. The van der Waals surface area contributed by atoms with Crippen LogP contribution in [0.15, 0.2) is 90.0 Å². The van der Waals surface area contributed by atoms with Gasteiger partial charge in [-0.1, -0.05) is 48.5 Å². The number of nitrogens with zero attached hydrogens (tertiary/aromatic N) is 3. The van der Waals surface area contributed by atoms with E-state index in [0.717, 1.165) is 48.7 Å². The van der Waals surface area contributed by atoms with Gasteiger partial charge < -0.3 is 4.74 Å². The first kappa shape index (κ1) is 26.4. The molecule has 3 aromatic carbocycles. The first-order valence-electron chi connectivity index (χ1n) is 12.2. The van der Waals surface area contributed by atoms with E-state index < -0.39 is 22.0 Å². The number of likely N-dealkylation sites (tertiary alicyclic amines) is 1. The van der Waals surface area contributed by atoms with Crippen molar-refractivity contribution in [3.63, 3.8) is 0 Å². The third kappa shape index (κ3) is 7.41. The molecule has 0 saturated carbocycles. The molecule has 1 N–H and O–H groups in total. The lowest BCUT2D eigenvalue weighted by atomic mass is 10.1. The molecule has 9 heteroatoms. The van der Waals surface area contributed by atoms with Gasteiger partial charge in [-0.2, -0.15) is 5.10 Å². The van der Waals surface area contributed by atoms with Crippen molar-refractivity contribution in [3.05, 3.63) is 90.5 Å². The molecule has 1 saturated heterocycles. The zero-order valence-corrected chi connectivity index (χ0v) is 21.9. The van der Waals surface area contributed by atoms with Crippen LogP contribution >= 0.6 is 0 Å². The van der Waals surface area contributed by atoms with E-state index in [1.165, 1.54) is 5.56 Å². The number of hydrogen-bond acceptors (Lipinski definition) is 6. The van der Waals surface area contributed by atoms with Crippen molar-refractivity contribution in [2.24, 2.45) is 5.10 Å². The van der Waals surface area contributed by atoms with Crippen molar-refractivity contribution in [1.82, 2.24) is 10.3 Å². The fourth-order valence-electron chi connectivity index (χ4n) is 4.24. The number of para-hydroxylation sites is 1. The van der Waals surface area contributed by atoms with E-state index in [2.05, 4.69) is 27.6 Å². The molecular formula is C28H32N4O4S. The summed E-state index contributed by atoms with van der Waals surface area (Å²) in [6, 6.07) is 25.2. The van der Waals surface area contributed by atoms with E-state index in [4.69, 9.17) is 4.74 Å². The topological polar surface area (TPSA) is 91.3 Å². The molecule has 3 aromatic rings. The van der Waals surface area contributed by atoms with E-state index in [1.54, 1.807) is 31.2 Å². The van der Waals surface area contributed by atoms with Crippen LogP contribution in [0.1, 0.15) is 25.3 Å². The molecule has 1 aliphatic rings. The van der Waals surface area contributed by atoms with Crippen LogP contribution in [0.3, 0.4) is 0 Å². The lowest BCUT2D eigenvalue weighted by molar-refractivity contribution is -0.121. The zero-order valence-electron chi connectivity index (χ0n) is 21.1. The molecule has 8 nitrogen and oxygen atoms in total. The van der Waals surface area contributed by atoms with E-state index in [1.807, 2.05) is 48.5 Å². The highest BCUT2D eigenvalue weighted by Gasteiger charge is 2.29. The Balaban J connectivity index is 1.36. The molecule has 1 fully saturated rings. The Morgan fingerprint density at radius 1 is 0.946 bits per heavy atom. The normalized spacial score (nSPS) is 15.0. The molecule has 0 aromatic heterocycles. The molecule has 1 amide bonds. The number of hydrogen-bond donors (Lipinski definition) is 1. The molecule has 0 radical (unpaired) electrons. The third-order valence-corrected chi connectivity index (χ3v) is 7.41. The highest BCUT2D eigenvalue weighted by atomic mass is 32.2. The molecule has 1 atom stereocenters. The van der Waals surface area contributed by atoms with Crippen molar-refractivity contribution >= 4 is 27.3 Å². The van der Waals surface area contributed by atoms with Gasteiger partial charge in [-0.3, -0.25) is 14.0 Å². The van der Waals surface area contributed by atoms with Crippen molar-refractivity contribution in [1.29, 1.82) is 0 Å². The minimum Gasteiger partial charge on any atom is -0.457 e. The summed E-state index contributed by atoms with van der Waals surface area (Å²) in [5, 5.41) is 4.31. The summed E-state index contributed by atoms with van der Waals surface area (Å²) in [5.74, 6) is 0.743. The monoisotopic (exact) mass is 520 g/mol. The maximum absolute atomic E-state index is 12.9. The molecule has 194 valence electrons. The van der Waals surface area contributed by atoms with Crippen LogP contribution < -0.4 is 14.5 Å². The second-order valence-electron chi connectivity index (χ2n) is 9.06. The van der Waals surface area contributed by atoms with Crippen LogP contribution in [0.4, 0.5) is 5.69 Å². The molecule has 4 rings (SSSR count). The molecule has 0 unspecified atom stereocenters. The maximum Gasteiger partial charge on any atom is 0.263 e. The van der Waals surface area contributed by atoms with Crippen LogP contribution in [-0.2, 0) is 21.4 Å². The second kappa shape index (κ2) is 12.0. The van der Waals surface area contributed by atoms with E-state index in [-0.39, 0.29) is 0 Å². The second-order valence-corrected chi connectivity index (χ2v) is 10.9. The summed E-state index contributed by atoms with van der Waals surface area (Å²) >= 11 is 0. The fourth-order valence-corrected chi connectivity index (χ4v) is 5.42. The Morgan fingerprint density at radius 3 is 2.11 bits per heavy atom. The summed E-state index contributed by atoms with van der Waals surface area (Å²) in [6.07, 6.45) is 2.58. The number of piperidine rings is 1. The van der Waals surface area contributed by atoms with E-state index >= 15 is 0 Å². The number of carbonyl (C=O) groups excluding carboxylic acids is 1. The fraction of sp³-hybridized carbons (Fsp3) is 0.286. The molecule has 0 bridgehead atoms. The van der Waals surface area contributed by atoms with Gasteiger partial charge in [0, 0.05) is 38.2 Å². The first-order valence-corrected chi connectivity index (χ1v) is 14.1. The van der Waals surface area contributed by atoms with Gasteiger partial charge in [0.05, 0.1) is 11.9 Å². The number of carbonyl (C=O) groups is 1. The van der Waals surface area contributed by atoms with Gasteiger partial charge in [0.15, 0.2) is 0 Å². The lowest BCUT2D eigenvalue weighted by Gasteiger charge is -2.29. The van der Waals surface area contributed by atoms with Gasteiger partial charge in [-0.25, -0.2) is 13.8 Å². The van der Waals surface area contributed by atoms with Gasteiger partial charge >= 0.3 is 0 Å². The van der Waals surface area contributed by atoms with Crippen LogP contribution in [-0.4, -0.2) is 50.3 Å². The Morgan fingerprint density at radius 2 is 1.51 bits per heavy atom. The van der Waals surface area contributed by atoms with Gasteiger partial charge in [0.25, 0.3) is 5.91 Å². The SMILES string of the molecule is C[C@H](C(=O)NN=C1CCN(Cc2ccccc2)CC1)N(c1ccc(Oc2ccccc2)cc1)S(C)(=O)=O. The van der Waals surface area contributed by atoms with Crippen LogP contribution in [0.25, 0.3) is 0 Å². The molecule has 0 spiro atoms. The number of rotatable bonds is 9. The average molecular weight is 521 g/mol. The minimum atomic E-state index is -3.74. The smallest absolute Gasteiger partial charge is 0.263 e. The van der Waals surface area contributed by atoms with Crippen molar-refractivity contribution in [2.75, 3.05) is 23.7 Å². The Bertz CT molecular complexity index is 1300. The van der Waals surface area contributed by atoms with Crippen molar-refractivity contribution < 1.29 is 17.9 Å².